The second-order valence-corrected chi connectivity index (χ2v) is 5.82. The quantitative estimate of drug-likeness (QED) is 0.395. The summed E-state index contributed by atoms with van der Waals surface area (Å²) in [7, 11) is 0. The average molecular weight is 459 g/mol. The largest absolute Gasteiger partial charge is 0.357 e. The third kappa shape index (κ3) is 6.28. The van der Waals surface area contributed by atoms with E-state index in [0.29, 0.717) is 6.54 Å². The second-order valence-electron chi connectivity index (χ2n) is 5.38. The third-order valence-electron chi connectivity index (χ3n) is 3.57. The lowest BCUT2D eigenvalue weighted by atomic mass is 10.1. The molecule has 0 saturated carbocycles. The Hall–Kier alpha value is -1.34. The Morgan fingerprint density at radius 3 is 2.58 bits per heavy atom. The Morgan fingerprint density at radius 1 is 1.25 bits per heavy atom. The zero-order valence-electron chi connectivity index (χ0n) is 14.2. The number of nitrogens with zero attached hydrogens (tertiary/aromatic N) is 2. The molecule has 2 aromatic rings. The van der Waals surface area contributed by atoms with Crippen LogP contribution in [0.4, 0.5) is 0 Å². The molecule has 0 amide bonds. The molecule has 2 rings (SSSR count). The molecule has 1 aromatic heterocycles. The number of aromatic nitrogens is 1. The van der Waals surface area contributed by atoms with Crippen LogP contribution in [0.15, 0.2) is 47.6 Å². The van der Waals surface area contributed by atoms with Crippen molar-refractivity contribution in [3.05, 3.63) is 64.4 Å². The first-order chi connectivity index (χ1) is 11.1. The van der Waals surface area contributed by atoms with Crippen LogP contribution in [0.2, 0.25) is 5.02 Å². The molecule has 0 spiro atoms. The van der Waals surface area contributed by atoms with Crippen LogP contribution in [-0.4, -0.2) is 17.5 Å². The van der Waals surface area contributed by atoms with E-state index in [1.807, 2.05) is 30.3 Å². The average Bonchev–Trinajstić information content (AvgIpc) is 2.54. The van der Waals surface area contributed by atoms with Gasteiger partial charge in [-0.3, -0.25) is 4.98 Å². The highest BCUT2D eigenvalue weighted by Gasteiger charge is 2.08. The fourth-order valence-corrected chi connectivity index (χ4v) is 2.32. The number of guanidine groups is 1. The lowest BCUT2D eigenvalue weighted by molar-refractivity contribution is 0.685. The molecule has 0 aliphatic heterocycles. The first-order valence-corrected chi connectivity index (χ1v) is 8.18. The summed E-state index contributed by atoms with van der Waals surface area (Å²) in [5.74, 6) is 0.778. The maximum atomic E-state index is 5.94. The van der Waals surface area contributed by atoms with Crippen LogP contribution in [0.1, 0.15) is 36.7 Å². The van der Waals surface area contributed by atoms with Gasteiger partial charge in [-0.1, -0.05) is 29.8 Å². The van der Waals surface area contributed by atoms with Crippen molar-refractivity contribution in [1.29, 1.82) is 0 Å². The predicted octanol–water partition coefficient (Wildman–Crippen LogP) is 4.48. The summed E-state index contributed by atoms with van der Waals surface area (Å²) in [5, 5.41) is 7.42. The van der Waals surface area contributed by atoms with E-state index in [1.165, 1.54) is 0 Å². The molecule has 0 aliphatic carbocycles. The lowest BCUT2D eigenvalue weighted by Crippen LogP contribution is -2.38. The number of pyridine rings is 1. The number of nitrogens with one attached hydrogen (secondary N) is 2. The molecule has 0 aliphatic rings. The smallest absolute Gasteiger partial charge is 0.192 e. The number of hydrogen-bond acceptors (Lipinski definition) is 2. The highest BCUT2D eigenvalue weighted by molar-refractivity contribution is 14.0. The first-order valence-electron chi connectivity index (χ1n) is 7.81. The van der Waals surface area contributed by atoms with Gasteiger partial charge in [-0.25, -0.2) is 4.99 Å². The van der Waals surface area contributed by atoms with Crippen LogP contribution in [0.3, 0.4) is 0 Å². The van der Waals surface area contributed by atoms with Gasteiger partial charge in [0.15, 0.2) is 5.96 Å². The molecule has 1 unspecified atom stereocenters. The molecule has 0 bridgehead atoms. The van der Waals surface area contributed by atoms with Crippen LogP contribution < -0.4 is 10.6 Å². The Balaban J connectivity index is 0.00000288. The normalized spacial score (nSPS) is 12.2. The SMILES string of the molecule is CCNC(=NCc1ncccc1C)NC(C)c1ccc(Cl)cc1.I. The molecule has 1 atom stereocenters. The number of benzene rings is 1. The van der Waals surface area contributed by atoms with Crippen LogP contribution in [0.25, 0.3) is 0 Å². The molecular weight excluding hydrogens is 435 g/mol. The van der Waals surface area contributed by atoms with Crippen LogP contribution in [0.5, 0.6) is 0 Å². The van der Waals surface area contributed by atoms with Gasteiger partial charge in [-0.05, 0) is 50.1 Å². The summed E-state index contributed by atoms with van der Waals surface area (Å²) in [6.07, 6.45) is 1.80. The van der Waals surface area contributed by atoms with Crippen molar-refractivity contribution in [1.82, 2.24) is 15.6 Å². The Kier molecular flexibility index (Phi) is 9.07. The van der Waals surface area contributed by atoms with Gasteiger partial charge in [0.2, 0.25) is 0 Å². The standard InChI is InChI=1S/C18H23ClN4.HI/c1-4-20-18(22-12-17-13(2)6-5-11-21-17)23-14(3)15-7-9-16(19)10-8-15;/h5-11,14H,4,12H2,1-3H3,(H2,20,22,23);1H. The van der Waals surface area contributed by atoms with Crippen molar-refractivity contribution in [3.8, 4) is 0 Å². The fraction of sp³-hybridized carbons (Fsp3) is 0.333. The molecule has 0 saturated heterocycles. The zero-order valence-corrected chi connectivity index (χ0v) is 17.3. The minimum atomic E-state index is 0. The minimum Gasteiger partial charge on any atom is -0.357 e. The summed E-state index contributed by atoms with van der Waals surface area (Å²) in [5.41, 5.74) is 3.30. The van der Waals surface area contributed by atoms with E-state index < -0.39 is 0 Å². The summed E-state index contributed by atoms with van der Waals surface area (Å²) in [4.78, 5) is 9.01. The van der Waals surface area contributed by atoms with E-state index >= 15 is 0 Å². The minimum absolute atomic E-state index is 0. The van der Waals surface area contributed by atoms with Gasteiger partial charge in [0.1, 0.15) is 0 Å². The molecule has 0 radical (unpaired) electrons. The van der Waals surface area contributed by atoms with Crippen molar-refractivity contribution in [2.45, 2.75) is 33.4 Å². The van der Waals surface area contributed by atoms with Gasteiger partial charge < -0.3 is 10.6 Å². The maximum absolute atomic E-state index is 5.94. The van der Waals surface area contributed by atoms with Crippen molar-refractivity contribution in [2.75, 3.05) is 6.54 Å². The number of halogens is 2. The summed E-state index contributed by atoms with van der Waals surface area (Å²) >= 11 is 5.94. The van der Waals surface area contributed by atoms with Crippen molar-refractivity contribution < 1.29 is 0 Å². The van der Waals surface area contributed by atoms with E-state index in [4.69, 9.17) is 11.6 Å². The van der Waals surface area contributed by atoms with Crippen molar-refractivity contribution in [3.63, 3.8) is 0 Å². The number of rotatable bonds is 5. The van der Waals surface area contributed by atoms with E-state index in [1.54, 1.807) is 6.20 Å². The van der Waals surface area contributed by atoms with Crippen LogP contribution in [-0.2, 0) is 6.54 Å². The Bertz CT molecular complexity index is 658. The van der Waals surface area contributed by atoms with Crippen molar-refractivity contribution >= 4 is 41.5 Å². The Morgan fingerprint density at radius 2 is 1.96 bits per heavy atom. The topological polar surface area (TPSA) is 49.3 Å². The van der Waals surface area contributed by atoms with E-state index in [9.17, 15) is 0 Å². The van der Waals surface area contributed by atoms with Gasteiger partial charge in [-0.2, -0.15) is 0 Å². The Labute approximate surface area is 166 Å². The highest BCUT2D eigenvalue weighted by atomic mass is 127. The highest BCUT2D eigenvalue weighted by Crippen LogP contribution is 2.16. The summed E-state index contributed by atoms with van der Waals surface area (Å²) < 4.78 is 0. The maximum Gasteiger partial charge on any atom is 0.192 e. The molecule has 6 heteroatoms. The van der Waals surface area contributed by atoms with Crippen LogP contribution >= 0.6 is 35.6 Å². The zero-order chi connectivity index (χ0) is 16.7. The van der Waals surface area contributed by atoms with Gasteiger partial charge in [0.05, 0.1) is 18.3 Å². The van der Waals surface area contributed by atoms with E-state index in [0.717, 1.165) is 34.3 Å². The second kappa shape index (κ2) is 10.5. The van der Waals surface area contributed by atoms with Crippen molar-refractivity contribution in [2.24, 2.45) is 4.99 Å². The predicted molar refractivity (Wildman–Crippen MR) is 112 cm³/mol. The monoisotopic (exact) mass is 458 g/mol. The molecule has 1 aromatic carbocycles. The molecule has 0 fully saturated rings. The molecule has 2 N–H and O–H groups in total. The first kappa shape index (κ1) is 20.7. The van der Waals surface area contributed by atoms with Gasteiger partial charge >= 0.3 is 0 Å². The van der Waals surface area contributed by atoms with E-state index in [2.05, 4.69) is 47.4 Å². The summed E-state index contributed by atoms with van der Waals surface area (Å²) in [6, 6.07) is 12.0. The lowest BCUT2D eigenvalue weighted by Gasteiger charge is -2.18. The molecular formula is C18H24ClIN4. The van der Waals surface area contributed by atoms with E-state index in [-0.39, 0.29) is 30.0 Å². The van der Waals surface area contributed by atoms with Gasteiger partial charge in [0, 0.05) is 17.8 Å². The number of hydrogen-bond donors (Lipinski definition) is 2. The number of aliphatic imine (C=N–C) groups is 1. The summed E-state index contributed by atoms with van der Waals surface area (Å²) in [6.45, 7) is 7.56. The fourth-order valence-electron chi connectivity index (χ4n) is 2.20. The third-order valence-corrected chi connectivity index (χ3v) is 3.82. The van der Waals surface area contributed by atoms with Gasteiger partial charge in [-0.15, -0.1) is 24.0 Å². The number of aryl methyl sites for hydroxylation is 1. The van der Waals surface area contributed by atoms with Gasteiger partial charge in [0.25, 0.3) is 0 Å². The molecule has 24 heavy (non-hydrogen) atoms. The molecule has 4 nitrogen and oxygen atoms in total. The van der Waals surface area contributed by atoms with Crippen LogP contribution in [0, 0.1) is 6.92 Å². The molecule has 130 valence electrons. The molecule has 1 heterocycles.